The van der Waals surface area contributed by atoms with Crippen molar-refractivity contribution in [1.29, 1.82) is 0 Å². The van der Waals surface area contributed by atoms with Crippen LogP contribution in [0.4, 0.5) is 0 Å². The fourth-order valence-corrected chi connectivity index (χ4v) is 1.61. The van der Waals surface area contributed by atoms with Gasteiger partial charge in [-0.25, -0.2) is 8.42 Å². The van der Waals surface area contributed by atoms with Crippen LogP contribution >= 0.6 is 0 Å². The molecule has 0 bridgehead atoms. The second-order valence-electron chi connectivity index (χ2n) is 2.77. The first-order chi connectivity index (χ1) is 5.49. The van der Waals surface area contributed by atoms with Crippen LogP contribution in [0.3, 0.4) is 0 Å². The largest absolute Gasteiger partial charge is 0.303 e. The Morgan fingerprint density at radius 3 is 2.50 bits per heavy atom. The van der Waals surface area contributed by atoms with Gasteiger partial charge in [-0.2, -0.15) is 0 Å². The summed E-state index contributed by atoms with van der Waals surface area (Å²) in [4.78, 5) is 0. The highest BCUT2D eigenvalue weighted by Gasteiger charge is 2.10. The fourth-order valence-electron chi connectivity index (χ4n) is 0.787. The van der Waals surface area contributed by atoms with E-state index in [0.29, 0.717) is 0 Å². The Morgan fingerprint density at radius 2 is 2.17 bits per heavy atom. The molecule has 0 aliphatic heterocycles. The Hall–Kier alpha value is -0.530. The molecule has 0 fully saturated rings. The van der Waals surface area contributed by atoms with Crippen molar-refractivity contribution < 1.29 is 8.42 Å². The summed E-state index contributed by atoms with van der Waals surface area (Å²) in [6.07, 6.45) is 7.28. The summed E-state index contributed by atoms with van der Waals surface area (Å²) in [7, 11) is -2.97. The van der Waals surface area contributed by atoms with Gasteiger partial charge in [-0.1, -0.05) is 12.8 Å². The normalized spacial score (nSPS) is 13.8. The van der Waals surface area contributed by atoms with Crippen molar-refractivity contribution >= 4 is 9.84 Å². The van der Waals surface area contributed by atoms with Crippen LogP contribution in [-0.2, 0) is 9.84 Å². The molecule has 4 heteroatoms. The van der Waals surface area contributed by atoms with Gasteiger partial charge in [0.1, 0.15) is 9.84 Å². The van der Waals surface area contributed by atoms with Crippen LogP contribution in [0.2, 0.25) is 0 Å². The zero-order valence-electron chi connectivity index (χ0n) is 7.50. The second-order valence-corrected chi connectivity index (χ2v) is 4.95. The average Bonchev–Trinajstić information content (AvgIpc) is 1.95. The highest BCUT2D eigenvalue weighted by molar-refractivity contribution is 7.90. The van der Waals surface area contributed by atoms with E-state index in [1.54, 1.807) is 0 Å². The third kappa shape index (κ3) is 6.20. The Kier molecular flexibility index (Phi) is 4.95. The Labute approximate surface area is 74.5 Å². The average molecular weight is 189 g/mol. The van der Waals surface area contributed by atoms with Crippen molar-refractivity contribution in [1.82, 2.24) is 5.32 Å². The quantitative estimate of drug-likeness (QED) is 0.621. The maximum Gasteiger partial charge on any atom is 0.149 e. The van der Waals surface area contributed by atoms with Gasteiger partial charge >= 0.3 is 0 Å². The molecule has 3 nitrogen and oxygen atoms in total. The minimum absolute atomic E-state index is 0.0174. The summed E-state index contributed by atoms with van der Waals surface area (Å²) in [5, 5.41) is 2.96. The molecule has 0 saturated carbocycles. The first kappa shape index (κ1) is 11.5. The molecule has 70 valence electrons. The minimum Gasteiger partial charge on any atom is -0.303 e. The molecule has 1 atom stereocenters. The maximum atomic E-state index is 10.8. The molecule has 0 radical (unpaired) electrons. The van der Waals surface area contributed by atoms with E-state index >= 15 is 0 Å². The standard InChI is InChI=1S/C8H15NO2S/c1-4-6-9-8(5-2)7-12(3,10)11/h2,8-9H,4,6-7H2,1,3H3. The van der Waals surface area contributed by atoms with E-state index in [2.05, 4.69) is 11.2 Å². The summed E-state index contributed by atoms with van der Waals surface area (Å²) in [5.41, 5.74) is 0. The van der Waals surface area contributed by atoms with E-state index in [1.165, 1.54) is 6.26 Å². The number of hydrogen-bond donors (Lipinski definition) is 1. The molecular weight excluding hydrogens is 174 g/mol. The molecule has 0 spiro atoms. The molecule has 0 aliphatic rings. The number of sulfone groups is 1. The zero-order valence-corrected chi connectivity index (χ0v) is 8.32. The van der Waals surface area contributed by atoms with Gasteiger partial charge in [-0.3, -0.25) is 0 Å². The minimum atomic E-state index is -2.97. The zero-order chi connectivity index (χ0) is 9.61. The summed E-state index contributed by atoms with van der Waals surface area (Å²) in [5.74, 6) is 2.42. The van der Waals surface area contributed by atoms with Gasteiger partial charge in [-0.05, 0) is 13.0 Å². The summed E-state index contributed by atoms with van der Waals surface area (Å²) < 4.78 is 21.7. The lowest BCUT2D eigenvalue weighted by atomic mass is 10.3. The van der Waals surface area contributed by atoms with Gasteiger partial charge in [0.05, 0.1) is 11.8 Å². The lowest BCUT2D eigenvalue weighted by Gasteiger charge is -2.10. The smallest absolute Gasteiger partial charge is 0.149 e. The molecule has 0 aromatic carbocycles. The van der Waals surface area contributed by atoms with Crippen LogP contribution < -0.4 is 5.32 Å². The molecular formula is C8H15NO2S. The SMILES string of the molecule is C#CC(CS(C)(=O)=O)NCCC. The van der Waals surface area contributed by atoms with Crippen LogP contribution in [0.15, 0.2) is 0 Å². The first-order valence-corrected chi connectivity index (χ1v) is 5.93. The summed E-state index contributed by atoms with van der Waals surface area (Å²) >= 11 is 0. The van der Waals surface area contributed by atoms with Gasteiger partial charge < -0.3 is 5.32 Å². The molecule has 12 heavy (non-hydrogen) atoms. The Bertz CT molecular complexity index is 251. The van der Waals surface area contributed by atoms with Gasteiger partial charge in [0.25, 0.3) is 0 Å². The van der Waals surface area contributed by atoms with Gasteiger partial charge in [0.2, 0.25) is 0 Å². The van der Waals surface area contributed by atoms with Crippen molar-refractivity contribution in [3.05, 3.63) is 0 Å². The highest BCUT2D eigenvalue weighted by atomic mass is 32.2. The lowest BCUT2D eigenvalue weighted by Crippen LogP contribution is -2.34. The molecule has 1 unspecified atom stereocenters. The van der Waals surface area contributed by atoms with E-state index in [0.717, 1.165) is 13.0 Å². The number of rotatable bonds is 5. The third-order valence-corrected chi connectivity index (χ3v) is 2.25. The van der Waals surface area contributed by atoms with E-state index in [-0.39, 0.29) is 11.8 Å². The van der Waals surface area contributed by atoms with E-state index in [4.69, 9.17) is 6.42 Å². The maximum absolute atomic E-state index is 10.8. The molecule has 0 aromatic heterocycles. The van der Waals surface area contributed by atoms with Crippen LogP contribution in [0.1, 0.15) is 13.3 Å². The lowest BCUT2D eigenvalue weighted by molar-refractivity contribution is 0.583. The fraction of sp³-hybridized carbons (Fsp3) is 0.750. The van der Waals surface area contributed by atoms with Crippen LogP contribution in [0, 0.1) is 12.3 Å². The number of terminal acetylenes is 1. The Balaban J connectivity index is 3.95. The third-order valence-electron chi connectivity index (χ3n) is 1.31. The number of nitrogens with one attached hydrogen (secondary N) is 1. The highest BCUT2D eigenvalue weighted by Crippen LogP contribution is 1.89. The van der Waals surface area contributed by atoms with Crippen molar-refractivity contribution in [3.8, 4) is 12.3 Å². The first-order valence-electron chi connectivity index (χ1n) is 3.87. The molecule has 0 saturated heterocycles. The monoisotopic (exact) mass is 189 g/mol. The Morgan fingerprint density at radius 1 is 1.58 bits per heavy atom. The summed E-state index contributed by atoms with van der Waals surface area (Å²) in [6.45, 7) is 2.76. The molecule has 0 heterocycles. The molecule has 0 amide bonds. The van der Waals surface area contributed by atoms with Crippen molar-refractivity contribution in [2.45, 2.75) is 19.4 Å². The van der Waals surface area contributed by atoms with Gasteiger partial charge in [-0.15, -0.1) is 6.42 Å². The van der Waals surface area contributed by atoms with Crippen molar-refractivity contribution in [3.63, 3.8) is 0 Å². The summed E-state index contributed by atoms with van der Waals surface area (Å²) in [6, 6.07) is -0.347. The predicted octanol–water partition coefficient (Wildman–Crippen LogP) is 0.0324. The van der Waals surface area contributed by atoms with Crippen LogP contribution in [0.5, 0.6) is 0 Å². The van der Waals surface area contributed by atoms with E-state index in [1.807, 2.05) is 6.92 Å². The van der Waals surface area contributed by atoms with Gasteiger partial charge in [0, 0.05) is 6.26 Å². The van der Waals surface area contributed by atoms with Crippen LogP contribution in [-0.4, -0.2) is 33.0 Å². The molecule has 0 rings (SSSR count). The molecule has 0 aromatic rings. The topological polar surface area (TPSA) is 46.2 Å². The van der Waals surface area contributed by atoms with E-state index < -0.39 is 9.84 Å². The predicted molar refractivity (Wildman–Crippen MR) is 50.6 cm³/mol. The van der Waals surface area contributed by atoms with Gasteiger partial charge in [0.15, 0.2) is 0 Å². The van der Waals surface area contributed by atoms with Crippen LogP contribution in [0.25, 0.3) is 0 Å². The van der Waals surface area contributed by atoms with Crippen molar-refractivity contribution in [2.75, 3.05) is 18.6 Å². The second kappa shape index (κ2) is 5.18. The van der Waals surface area contributed by atoms with Crippen molar-refractivity contribution in [2.24, 2.45) is 0 Å². The molecule has 1 N–H and O–H groups in total. The van der Waals surface area contributed by atoms with E-state index in [9.17, 15) is 8.42 Å². The number of hydrogen-bond acceptors (Lipinski definition) is 3. The molecule has 0 aliphatic carbocycles.